The molecule has 1 aromatic carbocycles. The molecule has 92 valence electrons. The molecule has 2 heterocycles. The summed E-state index contributed by atoms with van der Waals surface area (Å²) in [7, 11) is 0. The molecular formula is C14H15N3O. The second-order valence-electron chi connectivity index (χ2n) is 5.23. The van der Waals surface area contributed by atoms with Crippen LogP contribution >= 0.6 is 0 Å². The lowest BCUT2D eigenvalue weighted by atomic mass is 9.86. The van der Waals surface area contributed by atoms with E-state index in [2.05, 4.69) is 10.3 Å². The maximum atomic E-state index is 11.9. The van der Waals surface area contributed by atoms with Gasteiger partial charge in [0.05, 0.1) is 17.4 Å². The van der Waals surface area contributed by atoms with Crippen molar-refractivity contribution in [2.24, 2.45) is 0 Å². The molecule has 0 saturated heterocycles. The van der Waals surface area contributed by atoms with Crippen molar-refractivity contribution in [2.45, 2.75) is 26.2 Å². The van der Waals surface area contributed by atoms with Crippen LogP contribution in [0, 0.1) is 6.92 Å². The SMILES string of the molecule is Cc1cn(-c2ccc3c(c2)NC(=O)C3(C)C)cn1. The van der Waals surface area contributed by atoms with Crippen molar-refractivity contribution in [3.8, 4) is 5.69 Å². The largest absolute Gasteiger partial charge is 0.325 e. The van der Waals surface area contributed by atoms with Gasteiger partial charge in [0.25, 0.3) is 0 Å². The quantitative estimate of drug-likeness (QED) is 0.833. The molecule has 0 saturated carbocycles. The van der Waals surface area contributed by atoms with Crippen molar-refractivity contribution in [3.05, 3.63) is 42.0 Å². The second kappa shape index (κ2) is 3.45. The Morgan fingerprint density at radius 1 is 1.33 bits per heavy atom. The van der Waals surface area contributed by atoms with E-state index in [1.807, 2.05) is 49.7 Å². The van der Waals surface area contributed by atoms with Crippen LogP contribution in [0.4, 0.5) is 5.69 Å². The summed E-state index contributed by atoms with van der Waals surface area (Å²) in [5.74, 6) is 0.0523. The molecule has 0 unspecified atom stereocenters. The molecule has 4 nitrogen and oxygen atoms in total. The lowest BCUT2D eigenvalue weighted by Gasteiger charge is -2.15. The lowest BCUT2D eigenvalue weighted by Crippen LogP contribution is -2.26. The summed E-state index contributed by atoms with van der Waals surface area (Å²) >= 11 is 0. The van der Waals surface area contributed by atoms with Crippen LogP contribution in [0.5, 0.6) is 0 Å². The predicted molar refractivity (Wildman–Crippen MR) is 70.0 cm³/mol. The summed E-state index contributed by atoms with van der Waals surface area (Å²) in [6, 6.07) is 6.02. The van der Waals surface area contributed by atoms with Gasteiger partial charge in [0.1, 0.15) is 0 Å². The van der Waals surface area contributed by atoms with Gasteiger partial charge in [-0.25, -0.2) is 4.98 Å². The van der Waals surface area contributed by atoms with Crippen molar-refractivity contribution in [2.75, 3.05) is 5.32 Å². The van der Waals surface area contributed by atoms with Crippen molar-refractivity contribution in [1.82, 2.24) is 9.55 Å². The molecule has 0 atom stereocenters. The minimum Gasteiger partial charge on any atom is -0.325 e. The Balaban J connectivity index is 2.09. The number of carbonyl (C=O) groups is 1. The maximum absolute atomic E-state index is 11.9. The highest BCUT2D eigenvalue weighted by molar-refractivity contribution is 6.05. The number of nitrogens with one attached hydrogen (secondary N) is 1. The van der Waals surface area contributed by atoms with Crippen molar-refractivity contribution in [3.63, 3.8) is 0 Å². The summed E-state index contributed by atoms with van der Waals surface area (Å²) < 4.78 is 1.95. The topological polar surface area (TPSA) is 46.9 Å². The fourth-order valence-corrected chi connectivity index (χ4v) is 2.30. The molecule has 1 aromatic heterocycles. The summed E-state index contributed by atoms with van der Waals surface area (Å²) in [6.45, 7) is 5.83. The van der Waals surface area contributed by atoms with Crippen LogP contribution in [-0.4, -0.2) is 15.5 Å². The number of imidazole rings is 1. The van der Waals surface area contributed by atoms with Crippen molar-refractivity contribution in [1.29, 1.82) is 0 Å². The Hall–Kier alpha value is -2.10. The number of nitrogens with zero attached hydrogens (tertiary/aromatic N) is 2. The van der Waals surface area contributed by atoms with Gasteiger partial charge in [-0.3, -0.25) is 4.79 Å². The molecule has 1 N–H and O–H groups in total. The molecule has 3 rings (SSSR count). The molecule has 0 aliphatic carbocycles. The Labute approximate surface area is 106 Å². The van der Waals surface area contributed by atoms with Crippen LogP contribution in [0.25, 0.3) is 5.69 Å². The first-order valence-electron chi connectivity index (χ1n) is 5.95. The third-order valence-electron chi connectivity index (χ3n) is 3.50. The van der Waals surface area contributed by atoms with Gasteiger partial charge in [0.2, 0.25) is 5.91 Å². The van der Waals surface area contributed by atoms with Crippen molar-refractivity contribution >= 4 is 11.6 Å². The van der Waals surface area contributed by atoms with E-state index in [4.69, 9.17) is 0 Å². The third-order valence-corrected chi connectivity index (χ3v) is 3.50. The van der Waals surface area contributed by atoms with Crippen LogP contribution in [0.2, 0.25) is 0 Å². The second-order valence-corrected chi connectivity index (χ2v) is 5.23. The van der Waals surface area contributed by atoms with Gasteiger partial charge < -0.3 is 9.88 Å². The van der Waals surface area contributed by atoms with Crippen LogP contribution < -0.4 is 5.32 Å². The number of hydrogen-bond donors (Lipinski definition) is 1. The van der Waals surface area contributed by atoms with Gasteiger partial charge in [-0.2, -0.15) is 0 Å². The normalized spacial score (nSPS) is 16.5. The van der Waals surface area contributed by atoms with E-state index in [0.717, 1.165) is 22.6 Å². The summed E-state index contributed by atoms with van der Waals surface area (Å²) in [5, 5.41) is 2.93. The highest BCUT2D eigenvalue weighted by Crippen LogP contribution is 2.38. The van der Waals surface area contributed by atoms with Gasteiger partial charge in [-0.15, -0.1) is 0 Å². The highest BCUT2D eigenvalue weighted by Gasteiger charge is 2.38. The number of amides is 1. The van der Waals surface area contributed by atoms with E-state index < -0.39 is 5.41 Å². The van der Waals surface area contributed by atoms with Crippen LogP contribution in [0.1, 0.15) is 25.1 Å². The van der Waals surface area contributed by atoms with Gasteiger partial charge in [0, 0.05) is 17.6 Å². The zero-order valence-electron chi connectivity index (χ0n) is 10.7. The highest BCUT2D eigenvalue weighted by atomic mass is 16.2. The number of anilines is 1. The van der Waals surface area contributed by atoms with Gasteiger partial charge in [-0.1, -0.05) is 6.07 Å². The van der Waals surface area contributed by atoms with Crippen molar-refractivity contribution < 1.29 is 4.79 Å². The standard InChI is InChI=1S/C14H15N3O/c1-9-7-17(8-15-9)10-4-5-11-12(6-10)16-13(18)14(11,2)3/h4-8H,1-3H3,(H,16,18). The number of fused-ring (bicyclic) bond motifs is 1. The Bertz CT molecular complexity index is 640. The first-order valence-corrected chi connectivity index (χ1v) is 5.95. The average Bonchev–Trinajstić information content (AvgIpc) is 2.83. The smallest absolute Gasteiger partial charge is 0.234 e. The van der Waals surface area contributed by atoms with Gasteiger partial charge >= 0.3 is 0 Å². The van der Waals surface area contributed by atoms with E-state index in [-0.39, 0.29) is 5.91 Å². The number of hydrogen-bond acceptors (Lipinski definition) is 2. The minimum atomic E-state index is -0.446. The number of carbonyl (C=O) groups excluding carboxylic acids is 1. The molecule has 0 fully saturated rings. The molecule has 1 amide bonds. The maximum Gasteiger partial charge on any atom is 0.234 e. The lowest BCUT2D eigenvalue weighted by molar-refractivity contribution is -0.119. The monoisotopic (exact) mass is 241 g/mol. The van der Waals surface area contributed by atoms with E-state index in [1.165, 1.54) is 0 Å². The van der Waals surface area contributed by atoms with Crippen LogP contribution in [-0.2, 0) is 10.2 Å². The molecule has 0 bridgehead atoms. The summed E-state index contributed by atoms with van der Waals surface area (Å²) in [6.07, 6.45) is 3.74. The molecule has 4 heteroatoms. The Morgan fingerprint density at radius 2 is 2.11 bits per heavy atom. The van der Waals surface area contributed by atoms with E-state index in [9.17, 15) is 4.79 Å². The molecule has 1 aliphatic rings. The first-order chi connectivity index (χ1) is 8.48. The zero-order chi connectivity index (χ0) is 12.9. The molecule has 18 heavy (non-hydrogen) atoms. The van der Waals surface area contributed by atoms with Gasteiger partial charge in [-0.05, 0) is 38.5 Å². The molecular weight excluding hydrogens is 226 g/mol. The fraction of sp³-hybridized carbons (Fsp3) is 0.286. The number of benzene rings is 1. The molecule has 0 radical (unpaired) electrons. The first kappa shape index (κ1) is 11.0. The molecule has 1 aliphatic heterocycles. The molecule has 2 aromatic rings. The zero-order valence-corrected chi connectivity index (χ0v) is 10.7. The van der Waals surface area contributed by atoms with Crippen LogP contribution in [0.3, 0.4) is 0 Å². The van der Waals surface area contributed by atoms with Crippen LogP contribution in [0.15, 0.2) is 30.7 Å². The third kappa shape index (κ3) is 1.45. The van der Waals surface area contributed by atoms with Gasteiger partial charge in [0.15, 0.2) is 0 Å². The number of aromatic nitrogens is 2. The fourth-order valence-electron chi connectivity index (χ4n) is 2.30. The van der Waals surface area contributed by atoms with E-state index in [1.54, 1.807) is 6.33 Å². The van der Waals surface area contributed by atoms with E-state index >= 15 is 0 Å². The number of aryl methyl sites for hydroxylation is 1. The minimum absolute atomic E-state index is 0.0523. The Morgan fingerprint density at radius 3 is 2.78 bits per heavy atom. The average molecular weight is 241 g/mol. The number of rotatable bonds is 1. The Kier molecular flexibility index (Phi) is 2.11. The summed E-state index contributed by atoms with van der Waals surface area (Å²) in [5.41, 5.74) is 3.48. The predicted octanol–water partition coefficient (Wildman–Crippen LogP) is 2.41. The van der Waals surface area contributed by atoms with E-state index in [0.29, 0.717) is 0 Å². The summed E-state index contributed by atoms with van der Waals surface area (Å²) in [4.78, 5) is 16.1. The molecule has 0 spiro atoms.